The second kappa shape index (κ2) is 20.3. The molecule has 0 atom stereocenters. The Bertz CT molecular complexity index is 2700. The maximum Gasteiger partial charge on any atom is 0.335 e. The second-order valence-corrected chi connectivity index (χ2v) is 14.1. The van der Waals surface area contributed by atoms with Gasteiger partial charge in [0.25, 0.3) is 11.8 Å². The van der Waals surface area contributed by atoms with E-state index in [2.05, 4.69) is 26.7 Å². The Hall–Kier alpha value is -7.46. The van der Waals surface area contributed by atoms with E-state index in [0.29, 0.717) is 28.0 Å². The molecule has 0 bridgehead atoms. The third-order valence-corrected chi connectivity index (χ3v) is 9.54. The van der Waals surface area contributed by atoms with Crippen LogP contribution in [0.25, 0.3) is 35.3 Å². The monoisotopic (exact) mass is 799 g/mol. The van der Waals surface area contributed by atoms with E-state index in [4.69, 9.17) is 5.11 Å². The van der Waals surface area contributed by atoms with Gasteiger partial charge in [0.05, 0.1) is 35.0 Å². The molecule has 0 spiro atoms. The number of anilines is 2. The molecule has 0 unspecified atom stereocenters. The highest BCUT2D eigenvalue weighted by Crippen LogP contribution is 2.23. The van der Waals surface area contributed by atoms with Crippen molar-refractivity contribution in [2.45, 2.75) is 54.9 Å². The molecule has 0 saturated heterocycles. The molecule has 60 heavy (non-hydrogen) atoms. The van der Waals surface area contributed by atoms with Crippen LogP contribution in [0.1, 0.15) is 108 Å². The molecule has 10 nitrogen and oxygen atoms in total. The molecule has 0 saturated carbocycles. The van der Waals surface area contributed by atoms with Gasteiger partial charge in [-0.1, -0.05) is 85.0 Å². The van der Waals surface area contributed by atoms with Gasteiger partial charge in [-0.2, -0.15) is 0 Å². The van der Waals surface area contributed by atoms with Gasteiger partial charge in [-0.15, -0.1) is 0 Å². The molecule has 3 aromatic carbocycles. The molecule has 6 aromatic rings. The molecule has 1 aliphatic carbocycles. The number of carboxylic acid groups (broad SMARTS) is 1. The van der Waals surface area contributed by atoms with Crippen molar-refractivity contribution in [2.75, 3.05) is 10.6 Å². The zero-order valence-corrected chi connectivity index (χ0v) is 34.9. The molecule has 0 radical (unpaired) electrons. The van der Waals surface area contributed by atoms with Crippen molar-refractivity contribution in [3.05, 3.63) is 177 Å². The molecule has 304 valence electrons. The van der Waals surface area contributed by atoms with E-state index in [0.717, 1.165) is 62.1 Å². The van der Waals surface area contributed by atoms with Crippen LogP contribution in [-0.2, 0) is 6.42 Å². The van der Waals surface area contributed by atoms with Gasteiger partial charge in [-0.25, -0.2) is 9.78 Å². The Morgan fingerprint density at radius 3 is 1.60 bits per heavy atom. The summed E-state index contributed by atoms with van der Waals surface area (Å²) >= 11 is 0. The second-order valence-electron chi connectivity index (χ2n) is 14.1. The number of carbonyl (C=O) groups is 4. The van der Waals surface area contributed by atoms with Crippen LogP contribution >= 0.6 is 0 Å². The molecule has 2 amide bonds. The number of hydrogen-bond acceptors (Lipinski definition) is 6. The Labute approximate surface area is 350 Å². The first-order valence-corrected chi connectivity index (χ1v) is 19.5. The highest BCUT2D eigenvalue weighted by Gasteiger charge is 2.14. The number of pyridine rings is 2. The van der Waals surface area contributed by atoms with Gasteiger partial charge in [0.1, 0.15) is 5.65 Å². The average molecular weight is 800 g/mol. The summed E-state index contributed by atoms with van der Waals surface area (Å²) in [5, 5.41) is 15.4. The number of allylic oxidation sites excluding steroid dienone is 4. The maximum atomic E-state index is 12.5. The van der Waals surface area contributed by atoms with Gasteiger partial charge in [0.2, 0.25) is 5.91 Å². The van der Waals surface area contributed by atoms with Crippen molar-refractivity contribution in [3.8, 4) is 0 Å². The van der Waals surface area contributed by atoms with Crippen molar-refractivity contribution < 1.29 is 24.3 Å². The summed E-state index contributed by atoms with van der Waals surface area (Å²) in [5.41, 5.74) is 11.6. The van der Waals surface area contributed by atoms with Crippen LogP contribution in [0.2, 0.25) is 0 Å². The molecular formula is C50H49N5O5. The molecule has 7 rings (SSSR count). The van der Waals surface area contributed by atoms with Crippen LogP contribution in [0.4, 0.5) is 11.4 Å². The van der Waals surface area contributed by atoms with Crippen LogP contribution in [0.15, 0.2) is 116 Å². The van der Waals surface area contributed by atoms with E-state index in [1.807, 2.05) is 132 Å². The third-order valence-electron chi connectivity index (χ3n) is 9.54. The van der Waals surface area contributed by atoms with E-state index in [1.54, 1.807) is 43.7 Å². The van der Waals surface area contributed by atoms with Crippen molar-refractivity contribution in [3.63, 3.8) is 0 Å². The van der Waals surface area contributed by atoms with Crippen molar-refractivity contribution in [1.29, 1.82) is 0 Å². The average Bonchev–Trinajstić information content (AvgIpc) is 3.86. The lowest BCUT2D eigenvalue weighted by atomic mass is 10.0. The Morgan fingerprint density at radius 2 is 1.13 bits per heavy atom. The van der Waals surface area contributed by atoms with Crippen LogP contribution < -0.4 is 10.6 Å². The number of fused-ring (bicyclic) bond motifs is 2. The predicted molar refractivity (Wildman–Crippen MR) is 244 cm³/mol. The lowest BCUT2D eigenvalue weighted by Gasteiger charge is -2.09. The normalized spacial score (nSPS) is 11.6. The van der Waals surface area contributed by atoms with Crippen molar-refractivity contribution in [2.24, 2.45) is 0 Å². The lowest BCUT2D eigenvalue weighted by molar-refractivity contribution is 0.0695. The van der Waals surface area contributed by atoms with Crippen LogP contribution in [-0.4, -0.2) is 43.3 Å². The van der Waals surface area contributed by atoms with E-state index in [9.17, 15) is 19.2 Å². The Kier molecular flexibility index (Phi) is 14.8. The number of aromatic nitrogens is 3. The summed E-state index contributed by atoms with van der Waals surface area (Å²) < 4.78 is 1.48. The molecule has 3 N–H and O–H groups in total. The fourth-order valence-electron chi connectivity index (χ4n) is 6.63. The minimum atomic E-state index is -0.871. The Balaban J connectivity index is 0.000000179. The molecule has 3 heterocycles. The zero-order valence-electron chi connectivity index (χ0n) is 34.9. The highest BCUT2D eigenvalue weighted by molar-refractivity contribution is 6.06. The summed E-state index contributed by atoms with van der Waals surface area (Å²) in [5.74, 6) is -1.26. The number of nitrogens with zero attached hydrogens (tertiary/aromatic N) is 3. The first kappa shape index (κ1) is 43.7. The number of hydrogen-bond donors (Lipinski definition) is 3. The number of rotatable bonds is 8. The van der Waals surface area contributed by atoms with Crippen LogP contribution in [0.5, 0.6) is 0 Å². The zero-order chi connectivity index (χ0) is 43.3. The Morgan fingerprint density at radius 1 is 0.650 bits per heavy atom. The van der Waals surface area contributed by atoms with E-state index < -0.39 is 5.97 Å². The predicted octanol–water partition coefficient (Wildman–Crippen LogP) is 11.3. The van der Waals surface area contributed by atoms with Crippen LogP contribution in [0.3, 0.4) is 0 Å². The fourth-order valence-corrected chi connectivity index (χ4v) is 6.63. The fraction of sp³-hybridized carbons (Fsp3) is 0.160. The first-order chi connectivity index (χ1) is 28.8. The number of aryl methyl sites for hydroxylation is 3. The number of benzene rings is 3. The summed E-state index contributed by atoms with van der Waals surface area (Å²) in [6, 6.07) is 22.4. The summed E-state index contributed by atoms with van der Waals surface area (Å²) in [7, 11) is 0. The standard InChI is InChI=1S/C20H19N3O2.C19H18N2O.C11H12O2/c1-4-5-15-6-7-18(13(2)10-15)20(25)22-17-11-16-8-9-23(14(3)24)19(16)21-12-17;1-3-5-14-8-9-17(13(2)10-14)19(22)21-16-11-15-6-4-7-18(15)20-12-16;1-3-4-9-5-6-10(11(12)13)8(2)7-9/h4-12H,1-3H3,(H,22,25);3-6,8-12H,7H2,1-2H3,(H,21,22);3-7H,1-2H3,(H,12,13)/b5-4+;5-3+;4-3+. The van der Waals surface area contributed by atoms with Crippen molar-refractivity contribution >= 4 is 70.4 Å². The van der Waals surface area contributed by atoms with Crippen LogP contribution in [0, 0.1) is 20.8 Å². The van der Waals surface area contributed by atoms with Gasteiger partial charge in [-0.3, -0.25) is 23.9 Å². The smallest absolute Gasteiger partial charge is 0.335 e. The minimum absolute atomic E-state index is 0.101. The van der Waals surface area contributed by atoms with Crippen molar-refractivity contribution in [1.82, 2.24) is 14.5 Å². The third kappa shape index (κ3) is 11.1. The number of carbonyl (C=O) groups excluding carboxylic acids is 3. The topological polar surface area (TPSA) is 143 Å². The highest BCUT2D eigenvalue weighted by atomic mass is 16.4. The van der Waals surface area contributed by atoms with Gasteiger partial charge < -0.3 is 15.7 Å². The molecule has 3 aromatic heterocycles. The quantitative estimate of drug-likeness (QED) is 0.139. The molecular weight excluding hydrogens is 751 g/mol. The number of nitrogens with one attached hydrogen (secondary N) is 2. The molecule has 10 heteroatoms. The summed E-state index contributed by atoms with van der Waals surface area (Å²) in [6.45, 7) is 13.0. The first-order valence-electron chi connectivity index (χ1n) is 19.5. The molecule has 1 aliphatic rings. The van der Waals surface area contributed by atoms with Gasteiger partial charge >= 0.3 is 5.97 Å². The number of aromatic carboxylic acids is 1. The lowest BCUT2D eigenvalue weighted by Crippen LogP contribution is -2.14. The number of carboxylic acids is 1. The van der Waals surface area contributed by atoms with Gasteiger partial charge in [-0.05, 0) is 117 Å². The molecule has 0 aliphatic heterocycles. The van der Waals surface area contributed by atoms with E-state index in [1.165, 1.54) is 11.5 Å². The number of amides is 2. The SMILES string of the molecule is C/C=C/c1ccc(C(=O)Nc2cnc3c(c2)C=CC3)c(C)c1.C/C=C/c1ccc(C(=O)Nc2cnc3c(ccn3C(C)=O)c2)c(C)c1.C/C=C/c1ccc(C(=O)O)c(C)c1. The summed E-state index contributed by atoms with van der Waals surface area (Å²) in [6.07, 6.45) is 21.8. The summed E-state index contributed by atoms with van der Waals surface area (Å²) in [4.78, 5) is 55.8. The largest absolute Gasteiger partial charge is 0.478 e. The van der Waals surface area contributed by atoms with E-state index >= 15 is 0 Å². The van der Waals surface area contributed by atoms with Gasteiger partial charge in [0.15, 0.2) is 0 Å². The minimum Gasteiger partial charge on any atom is -0.478 e. The van der Waals surface area contributed by atoms with Gasteiger partial charge in [0, 0.05) is 36.1 Å². The molecule has 0 fully saturated rings. The van der Waals surface area contributed by atoms with E-state index in [-0.39, 0.29) is 17.7 Å². The maximum absolute atomic E-state index is 12.5.